The standard InChI is InChI=1S/C20H30N2O3/c1-4-15-8-7-9-16(5-2)19(15)21-18(23)14-22-12-10-17(11-13-22)20(24)25-6-3/h7-9,17H,4-6,10-14H2,1-3H3,(H,21,23). The summed E-state index contributed by atoms with van der Waals surface area (Å²) in [5.74, 6) is -0.104. The molecule has 0 saturated carbocycles. The molecule has 0 bridgehead atoms. The third-order valence-corrected chi connectivity index (χ3v) is 4.84. The molecule has 0 unspecified atom stereocenters. The van der Waals surface area contributed by atoms with Crippen molar-refractivity contribution in [2.24, 2.45) is 5.92 Å². The number of carbonyl (C=O) groups is 2. The maximum Gasteiger partial charge on any atom is 0.309 e. The lowest BCUT2D eigenvalue weighted by Gasteiger charge is -2.30. The van der Waals surface area contributed by atoms with Crippen molar-refractivity contribution < 1.29 is 14.3 Å². The number of aryl methyl sites for hydroxylation is 2. The minimum atomic E-state index is -0.101. The van der Waals surface area contributed by atoms with Crippen LogP contribution in [0.2, 0.25) is 0 Å². The van der Waals surface area contributed by atoms with Crippen molar-refractivity contribution in [2.75, 3.05) is 31.6 Å². The van der Waals surface area contributed by atoms with Crippen molar-refractivity contribution in [1.82, 2.24) is 4.90 Å². The van der Waals surface area contributed by atoms with Crippen LogP contribution in [-0.2, 0) is 27.2 Å². The number of hydrogen-bond acceptors (Lipinski definition) is 4. The van der Waals surface area contributed by atoms with E-state index in [1.807, 2.05) is 13.0 Å². The first-order valence-corrected chi connectivity index (χ1v) is 9.38. The Morgan fingerprint density at radius 2 is 1.72 bits per heavy atom. The van der Waals surface area contributed by atoms with Crippen molar-refractivity contribution in [3.05, 3.63) is 29.3 Å². The summed E-state index contributed by atoms with van der Waals surface area (Å²) in [6.07, 6.45) is 3.32. The molecule has 1 amide bonds. The number of anilines is 1. The molecular formula is C20H30N2O3. The van der Waals surface area contributed by atoms with Crippen LogP contribution < -0.4 is 5.32 Å². The number of ether oxygens (including phenoxy) is 1. The molecule has 0 atom stereocenters. The molecule has 0 aromatic heterocycles. The van der Waals surface area contributed by atoms with Crippen LogP contribution in [-0.4, -0.2) is 43.0 Å². The Morgan fingerprint density at radius 1 is 1.12 bits per heavy atom. The number of hydrogen-bond donors (Lipinski definition) is 1. The molecule has 0 aliphatic carbocycles. The van der Waals surface area contributed by atoms with E-state index in [9.17, 15) is 9.59 Å². The molecule has 5 nitrogen and oxygen atoms in total. The van der Waals surface area contributed by atoms with Crippen LogP contribution in [0.25, 0.3) is 0 Å². The molecule has 1 heterocycles. The highest BCUT2D eigenvalue weighted by Gasteiger charge is 2.26. The van der Waals surface area contributed by atoms with Gasteiger partial charge < -0.3 is 10.1 Å². The molecule has 1 aliphatic rings. The summed E-state index contributed by atoms with van der Waals surface area (Å²) in [7, 11) is 0. The molecule has 5 heteroatoms. The highest BCUT2D eigenvalue weighted by molar-refractivity contribution is 5.93. The second-order valence-corrected chi connectivity index (χ2v) is 6.51. The van der Waals surface area contributed by atoms with Crippen molar-refractivity contribution in [3.8, 4) is 0 Å². The number of esters is 1. The van der Waals surface area contributed by atoms with E-state index >= 15 is 0 Å². The predicted molar refractivity (Wildman–Crippen MR) is 99.6 cm³/mol. The van der Waals surface area contributed by atoms with Crippen LogP contribution in [0.1, 0.15) is 44.7 Å². The molecule has 2 rings (SSSR count). The minimum Gasteiger partial charge on any atom is -0.466 e. The van der Waals surface area contributed by atoms with Crippen LogP contribution in [0.5, 0.6) is 0 Å². The molecule has 1 aliphatic heterocycles. The lowest BCUT2D eigenvalue weighted by atomic mass is 9.97. The molecule has 138 valence electrons. The van der Waals surface area contributed by atoms with E-state index in [1.54, 1.807) is 0 Å². The number of carbonyl (C=O) groups excluding carboxylic acids is 2. The van der Waals surface area contributed by atoms with Gasteiger partial charge >= 0.3 is 5.97 Å². The molecule has 1 aromatic rings. The smallest absolute Gasteiger partial charge is 0.309 e. The fraction of sp³-hybridized carbons (Fsp3) is 0.600. The first-order chi connectivity index (χ1) is 12.1. The largest absolute Gasteiger partial charge is 0.466 e. The zero-order valence-corrected chi connectivity index (χ0v) is 15.6. The second-order valence-electron chi connectivity index (χ2n) is 6.51. The summed E-state index contributed by atoms with van der Waals surface area (Å²) in [5.41, 5.74) is 3.32. The lowest BCUT2D eigenvalue weighted by Crippen LogP contribution is -2.41. The van der Waals surface area contributed by atoms with E-state index in [1.165, 1.54) is 11.1 Å². The summed E-state index contributed by atoms with van der Waals surface area (Å²) in [4.78, 5) is 26.4. The lowest BCUT2D eigenvalue weighted by molar-refractivity contribution is -0.149. The van der Waals surface area contributed by atoms with Gasteiger partial charge in [0.1, 0.15) is 0 Å². The summed E-state index contributed by atoms with van der Waals surface area (Å²) in [6.45, 7) is 8.35. The van der Waals surface area contributed by atoms with Crippen molar-refractivity contribution in [2.45, 2.75) is 46.5 Å². The van der Waals surface area contributed by atoms with Crippen LogP contribution >= 0.6 is 0 Å². The molecule has 0 radical (unpaired) electrons. The summed E-state index contributed by atoms with van der Waals surface area (Å²) in [6, 6.07) is 6.19. The maximum atomic E-state index is 12.5. The van der Waals surface area contributed by atoms with Gasteiger partial charge in [-0.2, -0.15) is 0 Å². The van der Waals surface area contributed by atoms with E-state index in [0.29, 0.717) is 13.2 Å². The van der Waals surface area contributed by atoms with Gasteiger partial charge in [0.2, 0.25) is 5.91 Å². The van der Waals surface area contributed by atoms with Crippen molar-refractivity contribution in [3.63, 3.8) is 0 Å². The zero-order valence-electron chi connectivity index (χ0n) is 15.6. The molecule has 1 aromatic carbocycles. The number of benzene rings is 1. The number of piperidine rings is 1. The highest BCUT2D eigenvalue weighted by atomic mass is 16.5. The quantitative estimate of drug-likeness (QED) is 0.771. The number of nitrogens with one attached hydrogen (secondary N) is 1. The van der Waals surface area contributed by atoms with Gasteiger partial charge in [-0.3, -0.25) is 14.5 Å². The van der Waals surface area contributed by atoms with Gasteiger partial charge in [0.25, 0.3) is 0 Å². The van der Waals surface area contributed by atoms with E-state index in [4.69, 9.17) is 4.74 Å². The Labute approximate surface area is 150 Å². The van der Waals surface area contributed by atoms with Gasteiger partial charge in [-0.05, 0) is 56.8 Å². The molecule has 25 heavy (non-hydrogen) atoms. The fourth-order valence-corrected chi connectivity index (χ4v) is 3.37. The normalized spacial score (nSPS) is 15.8. The van der Waals surface area contributed by atoms with Crippen LogP contribution in [0, 0.1) is 5.92 Å². The number of rotatable bonds is 7. The number of amides is 1. The van der Waals surface area contributed by atoms with Gasteiger partial charge in [0, 0.05) is 5.69 Å². The molecule has 0 spiro atoms. The van der Waals surface area contributed by atoms with E-state index in [2.05, 4.69) is 36.2 Å². The van der Waals surface area contributed by atoms with Crippen LogP contribution in [0.15, 0.2) is 18.2 Å². The van der Waals surface area contributed by atoms with E-state index < -0.39 is 0 Å². The number of likely N-dealkylation sites (tertiary alicyclic amines) is 1. The summed E-state index contributed by atoms with van der Waals surface area (Å²) >= 11 is 0. The first kappa shape index (κ1) is 19.4. The molecular weight excluding hydrogens is 316 g/mol. The Hall–Kier alpha value is -1.88. The summed E-state index contributed by atoms with van der Waals surface area (Å²) in [5, 5.41) is 3.11. The SMILES string of the molecule is CCOC(=O)C1CCN(CC(=O)Nc2c(CC)cccc2CC)CC1. The third kappa shape index (κ3) is 5.30. The van der Waals surface area contributed by atoms with Gasteiger partial charge in [-0.15, -0.1) is 0 Å². The Morgan fingerprint density at radius 3 is 2.24 bits per heavy atom. The van der Waals surface area contributed by atoms with Crippen LogP contribution in [0.4, 0.5) is 5.69 Å². The monoisotopic (exact) mass is 346 g/mol. The fourth-order valence-electron chi connectivity index (χ4n) is 3.37. The van der Waals surface area contributed by atoms with Gasteiger partial charge in [0.05, 0.1) is 19.1 Å². The van der Waals surface area contributed by atoms with Crippen LogP contribution in [0.3, 0.4) is 0 Å². The van der Waals surface area contributed by atoms with Crippen molar-refractivity contribution in [1.29, 1.82) is 0 Å². The Bertz CT molecular complexity index is 570. The Balaban J connectivity index is 1.89. The van der Waals surface area contributed by atoms with E-state index in [0.717, 1.165) is 44.5 Å². The Kier molecular flexibility index (Phi) is 7.44. The minimum absolute atomic E-state index is 0.0187. The van der Waals surface area contributed by atoms with E-state index in [-0.39, 0.29) is 17.8 Å². The molecule has 1 saturated heterocycles. The van der Waals surface area contributed by atoms with Gasteiger partial charge in [0.15, 0.2) is 0 Å². The average Bonchev–Trinajstić information content (AvgIpc) is 2.62. The van der Waals surface area contributed by atoms with Crippen molar-refractivity contribution >= 4 is 17.6 Å². The highest BCUT2D eigenvalue weighted by Crippen LogP contribution is 2.23. The zero-order chi connectivity index (χ0) is 18.2. The topological polar surface area (TPSA) is 58.6 Å². The summed E-state index contributed by atoms with van der Waals surface area (Å²) < 4.78 is 5.09. The molecule has 1 N–H and O–H groups in total. The maximum absolute atomic E-state index is 12.5. The number of para-hydroxylation sites is 1. The second kappa shape index (κ2) is 9.56. The first-order valence-electron chi connectivity index (χ1n) is 9.38. The van der Waals surface area contributed by atoms with Gasteiger partial charge in [-0.1, -0.05) is 32.0 Å². The average molecular weight is 346 g/mol. The molecule has 1 fully saturated rings. The predicted octanol–water partition coefficient (Wildman–Crippen LogP) is 3.03. The van der Waals surface area contributed by atoms with Gasteiger partial charge in [-0.25, -0.2) is 0 Å². The number of nitrogens with zero attached hydrogens (tertiary/aromatic N) is 1. The third-order valence-electron chi connectivity index (χ3n) is 4.84.